The molecule has 0 aliphatic heterocycles. The van der Waals surface area contributed by atoms with Crippen LogP contribution in [0.1, 0.15) is 37.5 Å². The molecule has 0 atom stereocenters. The van der Waals surface area contributed by atoms with Gasteiger partial charge in [0.15, 0.2) is 9.76 Å². The fourth-order valence-corrected chi connectivity index (χ4v) is 5.17. The number of benzene rings is 3. The Morgan fingerprint density at radius 2 is 1.31 bits per heavy atom. The second kappa shape index (κ2) is 7.66. The molecule has 1 heterocycles. The molecule has 0 radical (unpaired) electrons. The Morgan fingerprint density at radius 1 is 0.724 bits per heavy atom. The lowest BCUT2D eigenvalue weighted by Crippen LogP contribution is -2.36. The Balaban J connectivity index is 2.08. The van der Waals surface area contributed by atoms with Gasteiger partial charge in [0.05, 0.1) is 5.52 Å². The molecule has 0 amide bonds. The zero-order chi connectivity index (χ0) is 20.5. The van der Waals surface area contributed by atoms with Gasteiger partial charge in [0.2, 0.25) is 0 Å². The second-order valence-electron chi connectivity index (χ2n) is 8.93. The number of hydrogen-bond donors (Lipinski definition) is 0. The Bertz CT molecular complexity index is 1050. The van der Waals surface area contributed by atoms with Crippen molar-refractivity contribution in [3.63, 3.8) is 0 Å². The maximum absolute atomic E-state index is 7.11. The number of nitrogens with zero attached hydrogens (tertiary/aromatic N) is 1. The van der Waals surface area contributed by atoms with Crippen LogP contribution in [0.3, 0.4) is 0 Å². The van der Waals surface area contributed by atoms with Gasteiger partial charge in [-0.05, 0) is 27.6 Å². The van der Waals surface area contributed by atoms with Crippen LogP contribution in [-0.4, -0.2) is 14.3 Å². The molecule has 0 unspecified atom stereocenters. The highest BCUT2D eigenvalue weighted by atomic mass is 28.2. The van der Waals surface area contributed by atoms with Gasteiger partial charge in [0, 0.05) is 18.8 Å². The molecule has 0 saturated carbocycles. The highest BCUT2D eigenvalue weighted by molar-refractivity contribution is 6.32. The van der Waals surface area contributed by atoms with E-state index in [2.05, 4.69) is 124 Å². The van der Waals surface area contributed by atoms with Crippen molar-refractivity contribution in [3.05, 3.63) is 108 Å². The van der Waals surface area contributed by atoms with E-state index < -0.39 is 15.4 Å². The standard InChI is InChI=1S/C26H29NOSi/c1-25(2,3)29-28-26(21-13-7-5-8-14-21,22-15-9-6-10-16-22)23-17-11-12-20-18-19-27(4)24(20)23/h5-19H,29H2,1-4H3. The number of rotatable bonds is 5. The van der Waals surface area contributed by atoms with E-state index >= 15 is 0 Å². The molecule has 148 valence electrons. The molecule has 0 aliphatic carbocycles. The smallest absolute Gasteiger partial charge is 0.169 e. The van der Waals surface area contributed by atoms with E-state index in [0.29, 0.717) is 0 Å². The van der Waals surface area contributed by atoms with Crippen molar-refractivity contribution in [2.45, 2.75) is 31.4 Å². The first-order valence-corrected chi connectivity index (χ1v) is 11.5. The first kappa shape index (κ1) is 19.7. The molecule has 2 nitrogen and oxygen atoms in total. The molecule has 0 fully saturated rings. The second-order valence-corrected chi connectivity index (χ2v) is 11.6. The van der Waals surface area contributed by atoms with E-state index in [0.717, 1.165) is 0 Å². The van der Waals surface area contributed by atoms with Crippen molar-refractivity contribution < 1.29 is 4.43 Å². The van der Waals surface area contributed by atoms with Gasteiger partial charge in [0.1, 0.15) is 5.60 Å². The van der Waals surface area contributed by atoms with Crippen LogP contribution in [0.2, 0.25) is 5.04 Å². The van der Waals surface area contributed by atoms with Gasteiger partial charge in [-0.15, -0.1) is 0 Å². The van der Waals surface area contributed by atoms with E-state index in [4.69, 9.17) is 4.43 Å². The van der Waals surface area contributed by atoms with Gasteiger partial charge in [0.25, 0.3) is 0 Å². The van der Waals surface area contributed by atoms with Crippen molar-refractivity contribution in [2.24, 2.45) is 7.05 Å². The minimum atomic E-state index is -0.857. The Hall–Kier alpha value is -2.62. The van der Waals surface area contributed by atoms with Gasteiger partial charge < -0.3 is 8.99 Å². The maximum atomic E-state index is 7.11. The fourth-order valence-electron chi connectivity index (χ4n) is 4.03. The van der Waals surface area contributed by atoms with Crippen molar-refractivity contribution in [2.75, 3.05) is 0 Å². The molecule has 3 heteroatoms. The summed E-state index contributed by atoms with van der Waals surface area (Å²) in [5.41, 5.74) is 4.15. The highest BCUT2D eigenvalue weighted by Gasteiger charge is 2.40. The first-order valence-electron chi connectivity index (χ1n) is 10.2. The number of hydrogen-bond acceptors (Lipinski definition) is 1. The number of para-hydroxylation sites is 1. The molecule has 29 heavy (non-hydrogen) atoms. The van der Waals surface area contributed by atoms with Crippen LogP contribution in [0.4, 0.5) is 0 Å². The fraction of sp³-hybridized carbons (Fsp3) is 0.231. The number of fused-ring (bicyclic) bond motifs is 1. The number of aromatic nitrogens is 1. The lowest BCUT2D eigenvalue weighted by atomic mass is 9.79. The molecule has 3 aromatic carbocycles. The summed E-state index contributed by atoms with van der Waals surface area (Å²) in [7, 11) is 1.26. The molecule has 1 aromatic heterocycles. The zero-order valence-electron chi connectivity index (χ0n) is 17.7. The molecule has 4 aromatic rings. The largest absolute Gasteiger partial charge is 0.406 e. The zero-order valence-corrected chi connectivity index (χ0v) is 19.1. The normalized spacial score (nSPS) is 12.8. The summed E-state index contributed by atoms with van der Waals surface area (Å²) < 4.78 is 9.33. The van der Waals surface area contributed by atoms with Crippen molar-refractivity contribution in [1.82, 2.24) is 4.57 Å². The topological polar surface area (TPSA) is 14.2 Å². The SMILES string of the molecule is Cn1ccc2cccc(C(O[SiH2]C(C)(C)C)(c3ccccc3)c3ccccc3)c21. The van der Waals surface area contributed by atoms with Gasteiger partial charge in [-0.1, -0.05) is 99.6 Å². The third-order valence-electron chi connectivity index (χ3n) is 5.36. The van der Waals surface area contributed by atoms with Gasteiger partial charge in [-0.2, -0.15) is 0 Å². The predicted molar refractivity (Wildman–Crippen MR) is 125 cm³/mol. The van der Waals surface area contributed by atoms with Crippen molar-refractivity contribution in [1.29, 1.82) is 0 Å². The molecular weight excluding hydrogens is 370 g/mol. The first-order chi connectivity index (χ1) is 13.9. The Kier molecular flexibility index (Phi) is 5.20. The minimum absolute atomic E-state index is 0.177. The Labute approximate surface area is 176 Å². The molecule has 0 bridgehead atoms. The summed E-state index contributed by atoms with van der Waals surface area (Å²) in [4.78, 5) is 0. The summed E-state index contributed by atoms with van der Waals surface area (Å²) in [5, 5.41) is 1.42. The Morgan fingerprint density at radius 3 is 1.86 bits per heavy atom. The van der Waals surface area contributed by atoms with E-state index in [-0.39, 0.29) is 5.04 Å². The highest BCUT2D eigenvalue weighted by Crippen LogP contribution is 2.44. The average Bonchev–Trinajstić information content (AvgIpc) is 3.11. The van der Waals surface area contributed by atoms with Crippen LogP contribution in [0, 0.1) is 0 Å². The third-order valence-corrected chi connectivity index (χ3v) is 6.80. The predicted octanol–water partition coefficient (Wildman–Crippen LogP) is 5.79. The molecule has 0 N–H and O–H groups in total. The van der Waals surface area contributed by atoms with E-state index in [9.17, 15) is 0 Å². The lowest BCUT2D eigenvalue weighted by Gasteiger charge is -2.39. The molecule has 4 rings (SSSR count). The molecule has 0 aliphatic rings. The van der Waals surface area contributed by atoms with E-state index in [1.54, 1.807) is 0 Å². The molecule has 0 saturated heterocycles. The van der Waals surface area contributed by atoms with Crippen LogP contribution in [0.25, 0.3) is 10.9 Å². The maximum Gasteiger partial charge on any atom is 0.169 e. The summed E-state index contributed by atoms with van der Waals surface area (Å²) in [5.74, 6) is 0. The molecular formula is C26H29NOSi. The van der Waals surface area contributed by atoms with Crippen molar-refractivity contribution >= 4 is 20.7 Å². The van der Waals surface area contributed by atoms with Crippen LogP contribution < -0.4 is 0 Å². The minimum Gasteiger partial charge on any atom is -0.406 e. The average molecular weight is 400 g/mol. The van der Waals surface area contributed by atoms with Crippen LogP contribution in [-0.2, 0) is 17.1 Å². The van der Waals surface area contributed by atoms with Crippen LogP contribution >= 0.6 is 0 Å². The van der Waals surface area contributed by atoms with Gasteiger partial charge in [-0.3, -0.25) is 0 Å². The van der Waals surface area contributed by atoms with Gasteiger partial charge in [-0.25, -0.2) is 0 Å². The quantitative estimate of drug-likeness (QED) is 0.306. The summed E-state index contributed by atoms with van der Waals surface area (Å²) in [6.07, 6.45) is 2.14. The van der Waals surface area contributed by atoms with Crippen LogP contribution in [0.15, 0.2) is 91.1 Å². The van der Waals surface area contributed by atoms with E-state index in [1.807, 2.05) is 0 Å². The van der Waals surface area contributed by atoms with Crippen molar-refractivity contribution in [3.8, 4) is 0 Å². The number of aryl methyl sites for hydroxylation is 1. The summed E-state index contributed by atoms with van der Waals surface area (Å²) in [6.45, 7) is 6.84. The van der Waals surface area contributed by atoms with Gasteiger partial charge >= 0.3 is 0 Å². The summed E-state index contributed by atoms with van der Waals surface area (Å²) >= 11 is 0. The van der Waals surface area contributed by atoms with Crippen LogP contribution in [0.5, 0.6) is 0 Å². The summed E-state index contributed by atoms with van der Waals surface area (Å²) in [6, 6.07) is 30.1. The lowest BCUT2D eigenvalue weighted by molar-refractivity contribution is 0.158. The molecule has 0 spiro atoms. The third kappa shape index (κ3) is 3.68. The van der Waals surface area contributed by atoms with E-state index in [1.165, 1.54) is 27.6 Å². The monoisotopic (exact) mass is 399 g/mol.